The summed E-state index contributed by atoms with van der Waals surface area (Å²) < 4.78 is 39.0. The number of likely N-dealkylation sites (tertiary alicyclic amines) is 1. The van der Waals surface area contributed by atoms with Crippen LogP contribution in [0, 0.1) is 0 Å². The van der Waals surface area contributed by atoms with Crippen LogP contribution in [0.3, 0.4) is 0 Å². The third-order valence-electron chi connectivity index (χ3n) is 4.98. The fraction of sp³-hybridized carbons (Fsp3) is 0.300. The van der Waals surface area contributed by atoms with Gasteiger partial charge >= 0.3 is 6.18 Å². The topological polar surface area (TPSA) is 85.7 Å². The molecule has 31 heavy (non-hydrogen) atoms. The molecule has 0 saturated carbocycles. The first kappa shape index (κ1) is 21.8. The third-order valence-corrected chi connectivity index (χ3v) is 6.13. The molecule has 1 unspecified atom stereocenters. The van der Waals surface area contributed by atoms with E-state index in [1.165, 1.54) is 12.1 Å². The molecular formula is C20H17ClF3N3O3S. The van der Waals surface area contributed by atoms with Gasteiger partial charge in [-0.25, -0.2) is 4.98 Å². The summed E-state index contributed by atoms with van der Waals surface area (Å²) in [6.07, 6.45) is -4.28. The number of aliphatic hydroxyl groups excluding tert-OH is 1. The second-order valence-electron chi connectivity index (χ2n) is 7.29. The Morgan fingerprint density at radius 3 is 2.77 bits per heavy atom. The number of anilines is 1. The maximum absolute atomic E-state index is 12.9. The predicted molar refractivity (Wildman–Crippen MR) is 112 cm³/mol. The molecule has 0 bridgehead atoms. The van der Waals surface area contributed by atoms with Gasteiger partial charge in [0.05, 0.1) is 27.4 Å². The van der Waals surface area contributed by atoms with Gasteiger partial charge in [0, 0.05) is 30.2 Å². The second kappa shape index (κ2) is 8.27. The Labute approximate surface area is 183 Å². The molecule has 3 aromatic rings. The van der Waals surface area contributed by atoms with Gasteiger partial charge in [-0.3, -0.25) is 15.0 Å². The molecular weight excluding hydrogens is 455 g/mol. The van der Waals surface area contributed by atoms with E-state index in [0.717, 1.165) is 23.5 Å². The van der Waals surface area contributed by atoms with Crippen LogP contribution in [0.15, 0.2) is 30.3 Å². The molecule has 6 nitrogen and oxygen atoms in total. The number of amides is 1. The number of carbonyl (C=O) groups is 1. The summed E-state index contributed by atoms with van der Waals surface area (Å²) in [5, 5.41) is 23.1. The van der Waals surface area contributed by atoms with E-state index in [4.69, 9.17) is 11.6 Å². The first-order chi connectivity index (χ1) is 14.6. The molecule has 11 heteroatoms. The molecule has 0 radical (unpaired) electrons. The number of β-amino-alcohol motifs (C(OH)–C–C–N with tert-alkyl or cyclic N) is 1. The highest BCUT2D eigenvalue weighted by atomic mass is 35.5. The van der Waals surface area contributed by atoms with Crippen LogP contribution >= 0.6 is 22.9 Å². The lowest BCUT2D eigenvalue weighted by molar-refractivity contribution is -0.137. The molecule has 0 spiro atoms. The van der Waals surface area contributed by atoms with Crippen LogP contribution in [-0.4, -0.2) is 45.2 Å². The molecule has 164 valence electrons. The Balaban J connectivity index is 1.57. The van der Waals surface area contributed by atoms with E-state index in [1.54, 1.807) is 6.07 Å². The average Bonchev–Trinajstić information content (AvgIpc) is 3.28. The van der Waals surface area contributed by atoms with Gasteiger partial charge in [-0.1, -0.05) is 22.9 Å². The van der Waals surface area contributed by atoms with Crippen LogP contribution in [0.4, 0.5) is 18.3 Å². The summed E-state index contributed by atoms with van der Waals surface area (Å²) in [6, 6.07) is 6.00. The van der Waals surface area contributed by atoms with E-state index in [-0.39, 0.29) is 26.2 Å². The first-order valence-electron chi connectivity index (χ1n) is 9.31. The van der Waals surface area contributed by atoms with Crippen molar-refractivity contribution in [2.24, 2.45) is 0 Å². The van der Waals surface area contributed by atoms with Crippen molar-refractivity contribution in [3.8, 4) is 5.75 Å². The predicted octanol–water partition coefficient (Wildman–Crippen LogP) is 4.49. The Hall–Kier alpha value is -2.40. The van der Waals surface area contributed by atoms with E-state index in [1.807, 2.05) is 4.90 Å². The third kappa shape index (κ3) is 4.77. The van der Waals surface area contributed by atoms with Gasteiger partial charge in [0.15, 0.2) is 5.13 Å². The summed E-state index contributed by atoms with van der Waals surface area (Å²) in [7, 11) is 0. The van der Waals surface area contributed by atoms with Crippen LogP contribution in [-0.2, 0) is 12.7 Å². The highest BCUT2D eigenvalue weighted by Gasteiger charge is 2.31. The van der Waals surface area contributed by atoms with Crippen LogP contribution < -0.4 is 5.32 Å². The number of carbonyl (C=O) groups excluding carboxylic acids is 1. The maximum atomic E-state index is 12.9. The van der Waals surface area contributed by atoms with E-state index >= 15 is 0 Å². The van der Waals surface area contributed by atoms with Crippen molar-refractivity contribution >= 4 is 44.2 Å². The number of hydrogen-bond acceptors (Lipinski definition) is 6. The zero-order valence-corrected chi connectivity index (χ0v) is 17.5. The number of aromatic hydroxyl groups is 1. The number of hydrogen-bond donors (Lipinski definition) is 3. The molecule has 1 fully saturated rings. The number of alkyl halides is 3. The number of nitrogens with one attached hydrogen (secondary N) is 1. The maximum Gasteiger partial charge on any atom is 0.416 e. The number of fused-ring (bicyclic) bond motifs is 1. The number of nitrogens with zero attached hydrogens (tertiary/aromatic N) is 2. The molecule has 1 amide bonds. The number of aromatic nitrogens is 1. The molecule has 4 rings (SSSR count). The summed E-state index contributed by atoms with van der Waals surface area (Å²) >= 11 is 7.03. The molecule has 1 aliphatic rings. The van der Waals surface area contributed by atoms with E-state index in [0.29, 0.717) is 37.1 Å². The van der Waals surface area contributed by atoms with Crippen LogP contribution in [0.1, 0.15) is 27.9 Å². The van der Waals surface area contributed by atoms with Crippen molar-refractivity contribution in [2.45, 2.75) is 25.2 Å². The van der Waals surface area contributed by atoms with E-state index < -0.39 is 23.8 Å². The summed E-state index contributed by atoms with van der Waals surface area (Å²) in [4.78, 5) is 18.8. The highest BCUT2D eigenvalue weighted by molar-refractivity contribution is 7.22. The van der Waals surface area contributed by atoms with Crippen LogP contribution in [0.25, 0.3) is 10.2 Å². The number of benzene rings is 2. The van der Waals surface area contributed by atoms with E-state index in [9.17, 15) is 28.2 Å². The van der Waals surface area contributed by atoms with Gasteiger partial charge in [0.2, 0.25) is 0 Å². The minimum Gasteiger partial charge on any atom is -0.507 e. The lowest BCUT2D eigenvalue weighted by Crippen LogP contribution is -2.22. The SMILES string of the molecule is O=C(Nc1nc2ccc(C(F)(F)F)cc2s1)c1cc(Cl)cc(CN2CCC(O)C2)c1O. The van der Waals surface area contributed by atoms with Gasteiger partial charge in [0.1, 0.15) is 5.75 Å². The number of phenols is 1. The standard InChI is InChI=1S/C20H17ClF3N3O3S/c21-12-5-10(8-27-4-3-13(28)9-27)17(29)14(7-12)18(30)26-19-25-15-2-1-11(20(22,23)24)6-16(15)31-19/h1-2,5-7,13,28-29H,3-4,8-9H2,(H,25,26,30). The summed E-state index contributed by atoms with van der Waals surface area (Å²) in [5.74, 6) is -0.929. The summed E-state index contributed by atoms with van der Waals surface area (Å²) in [6.45, 7) is 1.42. The number of aliphatic hydroxyl groups is 1. The van der Waals surface area contributed by atoms with E-state index in [2.05, 4.69) is 10.3 Å². The lowest BCUT2D eigenvalue weighted by atomic mass is 10.1. The molecule has 0 aliphatic carbocycles. The summed E-state index contributed by atoms with van der Waals surface area (Å²) in [5.41, 5.74) is -0.120. The van der Waals surface area contributed by atoms with Gasteiger partial charge in [0.25, 0.3) is 5.91 Å². The largest absolute Gasteiger partial charge is 0.507 e. The monoisotopic (exact) mass is 471 g/mol. The molecule has 2 heterocycles. The molecule has 1 aliphatic heterocycles. The van der Waals surface area contributed by atoms with Crippen molar-refractivity contribution in [2.75, 3.05) is 18.4 Å². The quantitative estimate of drug-likeness (QED) is 0.522. The fourth-order valence-corrected chi connectivity index (χ4v) is 4.61. The molecule has 3 N–H and O–H groups in total. The van der Waals surface area contributed by atoms with Crippen molar-refractivity contribution in [3.05, 3.63) is 52.0 Å². The lowest BCUT2D eigenvalue weighted by Gasteiger charge is -2.17. The van der Waals surface area contributed by atoms with Crippen LogP contribution in [0.5, 0.6) is 5.75 Å². The average molecular weight is 472 g/mol. The normalized spacial score (nSPS) is 17.4. The van der Waals surface area contributed by atoms with Crippen molar-refractivity contribution in [1.82, 2.24) is 9.88 Å². The Kier molecular flexibility index (Phi) is 5.82. The molecule has 1 aromatic heterocycles. The van der Waals surface area contributed by atoms with Crippen molar-refractivity contribution < 1.29 is 28.2 Å². The van der Waals surface area contributed by atoms with Crippen molar-refractivity contribution in [1.29, 1.82) is 0 Å². The van der Waals surface area contributed by atoms with Crippen molar-refractivity contribution in [3.63, 3.8) is 0 Å². The number of halogens is 4. The number of phenolic OH excluding ortho intramolecular Hbond substituents is 1. The van der Waals surface area contributed by atoms with Gasteiger partial charge in [-0.2, -0.15) is 13.2 Å². The minimum atomic E-state index is -4.48. The fourth-order valence-electron chi connectivity index (χ4n) is 3.46. The molecule has 1 saturated heterocycles. The molecule has 1 atom stereocenters. The number of thiazole rings is 1. The zero-order chi connectivity index (χ0) is 22.3. The van der Waals surface area contributed by atoms with Gasteiger partial charge < -0.3 is 10.2 Å². The Bertz CT molecular complexity index is 1150. The van der Waals surface area contributed by atoms with Crippen LogP contribution in [0.2, 0.25) is 5.02 Å². The van der Waals surface area contributed by atoms with Gasteiger partial charge in [-0.05, 0) is 36.8 Å². The Morgan fingerprint density at radius 1 is 1.32 bits per heavy atom. The number of rotatable bonds is 4. The zero-order valence-electron chi connectivity index (χ0n) is 15.9. The first-order valence-corrected chi connectivity index (χ1v) is 10.5. The second-order valence-corrected chi connectivity index (χ2v) is 8.76. The minimum absolute atomic E-state index is 0.0718. The molecule has 2 aromatic carbocycles. The Morgan fingerprint density at radius 2 is 2.10 bits per heavy atom. The highest BCUT2D eigenvalue weighted by Crippen LogP contribution is 2.35. The van der Waals surface area contributed by atoms with Gasteiger partial charge in [-0.15, -0.1) is 0 Å². The smallest absolute Gasteiger partial charge is 0.416 e.